The van der Waals surface area contributed by atoms with Gasteiger partial charge in [0.25, 0.3) is 5.56 Å². The number of fused-ring (bicyclic) bond motifs is 3. The number of ketones is 1. The van der Waals surface area contributed by atoms with Crippen molar-refractivity contribution in [2.45, 2.75) is 25.3 Å². The zero-order valence-corrected chi connectivity index (χ0v) is 16.2. The number of nitrogens with zero attached hydrogens (tertiary/aromatic N) is 2. The smallest absolute Gasteiger partial charge is 0.330 e. The number of pyridine rings is 1. The molecule has 1 aliphatic rings. The Labute approximate surface area is 166 Å². The fraction of sp³-hybridized carbons (Fsp3) is 0.333. The van der Waals surface area contributed by atoms with Crippen LogP contribution in [0.15, 0.2) is 40.1 Å². The summed E-state index contributed by atoms with van der Waals surface area (Å²) in [5, 5.41) is 0.296. The van der Waals surface area contributed by atoms with E-state index in [-0.39, 0.29) is 23.9 Å². The summed E-state index contributed by atoms with van der Waals surface area (Å²) in [7, 11) is 3.14. The van der Waals surface area contributed by atoms with Gasteiger partial charge in [0.05, 0.1) is 25.6 Å². The molecule has 1 aliphatic carbocycles. The average Bonchev–Trinajstić information content (AvgIpc) is 2.73. The number of carbonyl (C=O) groups is 1. The molecule has 3 aromatic rings. The first-order chi connectivity index (χ1) is 14.0. The zero-order valence-electron chi connectivity index (χ0n) is 16.2. The first kappa shape index (κ1) is 19.1. The lowest BCUT2D eigenvalue weighted by Crippen LogP contribution is -2.33. The second kappa shape index (κ2) is 7.63. The van der Waals surface area contributed by atoms with Crippen molar-refractivity contribution >= 4 is 16.8 Å². The first-order valence-electron chi connectivity index (χ1n) is 9.34. The van der Waals surface area contributed by atoms with Gasteiger partial charge in [0.2, 0.25) is 0 Å². The lowest BCUT2D eigenvalue weighted by Gasteiger charge is -2.25. The molecular weight excluding hydrogens is 374 g/mol. The van der Waals surface area contributed by atoms with Gasteiger partial charge in [0, 0.05) is 25.3 Å². The summed E-state index contributed by atoms with van der Waals surface area (Å²) in [6.07, 6.45) is 2.33. The maximum Gasteiger partial charge on any atom is 0.330 e. The minimum Gasteiger partial charge on any atom is -0.497 e. The molecule has 0 spiro atoms. The summed E-state index contributed by atoms with van der Waals surface area (Å²) in [5.41, 5.74) is 1.30. The molecule has 8 nitrogen and oxygen atoms in total. The molecule has 2 heterocycles. The van der Waals surface area contributed by atoms with E-state index in [4.69, 9.17) is 9.47 Å². The summed E-state index contributed by atoms with van der Waals surface area (Å²) in [5.74, 6) is 0.616. The van der Waals surface area contributed by atoms with Crippen LogP contribution in [0.3, 0.4) is 0 Å². The van der Waals surface area contributed by atoms with Crippen LogP contribution in [0, 0.1) is 0 Å². The van der Waals surface area contributed by atoms with E-state index in [0.29, 0.717) is 36.0 Å². The lowest BCUT2D eigenvalue weighted by atomic mass is 9.79. The number of benzene rings is 1. The zero-order chi connectivity index (χ0) is 20.5. The number of H-pyrrole nitrogens is 1. The molecule has 0 aliphatic heterocycles. The second-order valence-corrected chi connectivity index (χ2v) is 7.05. The van der Waals surface area contributed by atoms with Crippen LogP contribution < -0.4 is 16.0 Å². The van der Waals surface area contributed by atoms with Gasteiger partial charge >= 0.3 is 5.69 Å². The topological polar surface area (TPSA) is 103 Å². The van der Waals surface area contributed by atoms with Crippen molar-refractivity contribution in [1.82, 2.24) is 14.5 Å². The van der Waals surface area contributed by atoms with Gasteiger partial charge < -0.3 is 9.47 Å². The number of carbonyl (C=O) groups excluding carboxylic acids is 1. The van der Waals surface area contributed by atoms with Crippen molar-refractivity contribution in [2.24, 2.45) is 0 Å². The minimum atomic E-state index is -0.541. The number of hydrogen-bond acceptors (Lipinski definition) is 6. The van der Waals surface area contributed by atoms with Gasteiger partial charge in [-0.05, 0) is 35.6 Å². The number of ether oxygens (including phenoxy) is 2. The van der Waals surface area contributed by atoms with Crippen LogP contribution in [0.25, 0.3) is 11.0 Å². The highest BCUT2D eigenvalue weighted by Crippen LogP contribution is 2.35. The Kier molecular flexibility index (Phi) is 5.02. The molecule has 2 aromatic heterocycles. The van der Waals surface area contributed by atoms with E-state index >= 15 is 0 Å². The molecule has 0 saturated heterocycles. The number of Topliss-reactive ketones (excluding diaryl/α,β-unsaturated/α-hetero) is 1. The van der Waals surface area contributed by atoms with E-state index < -0.39 is 11.2 Å². The SMILES string of the molecule is COCCn1c(=O)[nH]c(=O)c2c3c(cnc21)C(=O)C[C@H](c1ccc(OC)cc1)C3. The molecule has 4 rings (SSSR count). The molecule has 1 atom stereocenters. The van der Waals surface area contributed by atoms with E-state index in [2.05, 4.69) is 9.97 Å². The third-order valence-electron chi connectivity index (χ3n) is 5.40. The third kappa shape index (κ3) is 3.36. The predicted octanol–water partition coefficient (Wildman–Crippen LogP) is 1.65. The van der Waals surface area contributed by atoms with Gasteiger partial charge in [-0.1, -0.05) is 12.1 Å². The molecule has 0 unspecified atom stereocenters. The molecular formula is C21H21N3O5. The van der Waals surface area contributed by atoms with Gasteiger partial charge in [0.15, 0.2) is 5.78 Å². The van der Waals surface area contributed by atoms with Crippen LogP contribution in [0.1, 0.15) is 33.8 Å². The largest absolute Gasteiger partial charge is 0.497 e. The maximum atomic E-state index is 12.8. The van der Waals surface area contributed by atoms with Crippen LogP contribution in [-0.4, -0.2) is 41.1 Å². The quantitative estimate of drug-likeness (QED) is 0.705. The average molecular weight is 395 g/mol. The Balaban J connectivity index is 1.85. The molecule has 150 valence electrons. The number of nitrogens with one attached hydrogen (secondary N) is 1. The van der Waals surface area contributed by atoms with Crippen LogP contribution in [-0.2, 0) is 17.7 Å². The summed E-state index contributed by atoms with van der Waals surface area (Å²) in [6.45, 7) is 0.553. The second-order valence-electron chi connectivity index (χ2n) is 7.05. The summed E-state index contributed by atoms with van der Waals surface area (Å²) < 4.78 is 11.6. The van der Waals surface area contributed by atoms with E-state index in [1.54, 1.807) is 7.11 Å². The molecule has 8 heteroatoms. The maximum absolute atomic E-state index is 12.8. The minimum absolute atomic E-state index is 0.0597. The molecule has 0 fully saturated rings. The molecule has 0 bridgehead atoms. The molecule has 0 radical (unpaired) electrons. The number of aromatic amines is 1. The Hall–Kier alpha value is -3.26. The molecule has 1 aromatic carbocycles. The van der Waals surface area contributed by atoms with Crippen molar-refractivity contribution in [3.63, 3.8) is 0 Å². The molecule has 0 saturated carbocycles. The van der Waals surface area contributed by atoms with Gasteiger partial charge in [0.1, 0.15) is 11.4 Å². The lowest BCUT2D eigenvalue weighted by molar-refractivity contribution is 0.0964. The van der Waals surface area contributed by atoms with Crippen LogP contribution in [0.4, 0.5) is 0 Å². The monoisotopic (exact) mass is 395 g/mol. The van der Waals surface area contributed by atoms with Crippen molar-refractivity contribution in [3.05, 3.63) is 68.0 Å². The Bertz CT molecular complexity index is 1190. The van der Waals surface area contributed by atoms with Gasteiger partial charge in [-0.3, -0.25) is 19.1 Å². The van der Waals surface area contributed by atoms with E-state index in [0.717, 1.165) is 11.3 Å². The predicted molar refractivity (Wildman–Crippen MR) is 107 cm³/mol. The van der Waals surface area contributed by atoms with Gasteiger partial charge in [-0.25, -0.2) is 9.78 Å². The van der Waals surface area contributed by atoms with Crippen molar-refractivity contribution in [3.8, 4) is 5.75 Å². The molecule has 0 amide bonds. The Morgan fingerprint density at radius 3 is 2.59 bits per heavy atom. The standard InChI is InChI=1S/C21H21N3O5/c1-28-8-7-24-19-18(20(26)23-21(24)27)15-9-13(10-17(25)16(15)11-22-19)12-3-5-14(29-2)6-4-12/h3-6,11,13H,7-10H2,1-2H3,(H,23,26,27)/t13-/m1/s1. The van der Waals surface area contributed by atoms with Crippen LogP contribution >= 0.6 is 0 Å². The fourth-order valence-electron chi connectivity index (χ4n) is 3.91. The summed E-state index contributed by atoms with van der Waals surface area (Å²) in [6, 6.07) is 7.58. The third-order valence-corrected chi connectivity index (χ3v) is 5.40. The van der Waals surface area contributed by atoms with Gasteiger partial charge in [-0.2, -0.15) is 0 Å². The number of hydrogen-bond donors (Lipinski definition) is 1. The molecule has 29 heavy (non-hydrogen) atoms. The fourth-order valence-corrected chi connectivity index (χ4v) is 3.91. The van der Waals surface area contributed by atoms with Crippen molar-refractivity contribution in [2.75, 3.05) is 20.8 Å². The number of rotatable bonds is 5. The highest BCUT2D eigenvalue weighted by Gasteiger charge is 2.30. The van der Waals surface area contributed by atoms with E-state index in [1.807, 2.05) is 24.3 Å². The molecule has 1 N–H and O–H groups in total. The van der Waals surface area contributed by atoms with E-state index in [1.165, 1.54) is 17.9 Å². The normalized spacial score (nSPS) is 16.1. The van der Waals surface area contributed by atoms with Crippen LogP contribution in [0.5, 0.6) is 5.75 Å². The Morgan fingerprint density at radius 2 is 1.90 bits per heavy atom. The summed E-state index contributed by atoms with van der Waals surface area (Å²) in [4.78, 5) is 44.4. The highest BCUT2D eigenvalue weighted by molar-refractivity contribution is 6.02. The highest BCUT2D eigenvalue weighted by atomic mass is 16.5. The number of methoxy groups -OCH3 is 2. The Morgan fingerprint density at radius 1 is 1.14 bits per heavy atom. The summed E-state index contributed by atoms with van der Waals surface area (Å²) >= 11 is 0. The first-order valence-corrected chi connectivity index (χ1v) is 9.34. The number of aromatic nitrogens is 3. The van der Waals surface area contributed by atoms with Crippen molar-refractivity contribution < 1.29 is 14.3 Å². The van der Waals surface area contributed by atoms with Crippen LogP contribution in [0.2, 0.25) is 0 Å². The van der Waals surface area contributed by atoms with E-state index in [9.17, 15) is 14.4 Å². The van der Waals surface area contributed by atoms with Crippen molar-refractivity contribution in [1.29, 1.82) is 0 Å². The van der Waals surface area contributed by atoms with Gasteiger partial charge in [-0.15, -0.1) is 0 Å².